The van der Waals surface area contributed by atoms with E-state index in [4.69, 9.17) is 5.11 Å². The molecular formula is C15H16N2O3. The highest BCUT2D eigenvalue weighted by molar-refractivity contribution is 6.03. The third kappa shape index (κ3) is 2.31. The number of hydrogen-bond acceptors (Lipinski definition) is 3. The first-order valence-corrected chi connectivity index (χ1v) is 6.89. The molecule has 3 rings (SSSR count). The molecule has 1 saturated carbocycles. The van der Waals surface area contributed by atoms with Crippen molar-refractivity contribution in [2.24, 2.45) is 11.0 Å². The summed E-state index contributed by atoms with van der Waals surface area (Å²) in [6.45, 7) is 0. The van der Waals surface area contributed by atoms with Crippen molar-refractivity contribution >= 4 is 23.3 Å². The molecule has 0 bridgehead atoms. The third-order valence-electron chi connectivity index (χ3n) is 3.93. The summed E-state index contributed by atoms with van der Waals surface area (Å²) in [6.07, 6.45) is 4.73. The SMILES string of the molecule is O=C(O)c1cccc(N2N=C3CCCCC3CC2=O)c1. The number of fused-ring (bicyclic) bond motifs is 1. The van der Waals surface area contributed by atoms with Crippen LogP contribution in [0.4, 0.5) is 5.69 Å². The van der Waals surface area contributed by atoms with E-state index >= 15 is 0 Å². The summed E-state index contributed by atoms with van der Waals surface area (Å²) in [6, 6.07) is 6.36. The first-order valence-electron chi connectivity index (χ1n) is 6.89. The number of carbonyl (C=O) groups excluding carboxylic acids is 1. The summed E-state index contributed by atoms with van der Waals surface area (Å²) in [5.41, 5.74) is 1.78. The van der Waals surface area contributed by atoms with Crippen LogP contribution in [-0.2, 0) is 4.79 Å². The van der Waals surface area contributed by atoms with Gasteiger partial charge in [-0.05, 0) is 37.5 Å². The average molecular weight is 272 g/mol. The molecular weight excluding hydrogens is 256 g/mol. The van der Waals surface area contributed by atoms with Crippen LogP contribution in [0.5, 0.6) is 0 Å². The Balaban J connectivity index is 1.94. The van der Waals surface area contributed by atoms with Gasteiger partial charge >= 0.3 is 5.97 Å². The number of rotatable bonds is 2. The summed E-state index contributed by atoms with van der Waals surface area (Å²) in [5.74, 6) is -0.766. The third-order valence-corrected chi connectivity index (χ3v) is 3.93. The molecule has 1 fully saturated rings. The van der Waals surface area contributed by atoms with E-state index in [1.165, 1.54) is 17.1 Å². The van der Waals surface area contributed by atoms with Crippen molar-refractivity contribution in [1.29, 1.82) is 0 Å². The molecule has 1 aromatic rings. The lowest BCUT2D eigenvalue weighted by Gasteiger charge is -2.32. The van der Waals surface area contributed by atoms with Gasteiger partial charge in [0.2, 0.25) is 5.91 Å². The molecule has 1 aromatic carbocycles. The molecule has 0 saturated heterocycles. The lowest BCUT2D eigenvalue weighted by molar-refractivity contribution is -0.119. The van der Waals surface area contributed by atoms with Gasteiger partial charge < -0.3 is 5.11 Å². The molecule has 0 radical (unpaired) electrons. The molecule has 2 aliphatic rings. The highest BCUT2D eigenvalue weighted by atomic mass is 16.4. The number of benzene rings is 1. The van der Waals surface area contributed by atoms with Crippen LogP contribution in [0.25, 0.3) is 0 Å². The topological polar surface area (TPSA) is 70.0 Å². The van der Waals surface area contributed by atoms with Crippen molar-refractivity contribution in [3.63, 3.8) is 0 Å². The summed E-state index contributed by atoms with van der Waals surface area (Å²) >= 11 is 0. The maximum Gasteiger partial charge on any atom is 0.335 e. The number of nitrogens with zero attached hydrogens (tertiary/aromatic N) is 2. The van der Waals surface area contributed by atoms with E-state index in [2.05, 4.69) is 5.10 Å². The van der Waals surface area contributed by atoms with Crippen LogP contribution in [0.15, 0.2) is 29.4 Å². The minimum atomic E-state index is -1.00. The summed E-state index contributed by atoms with van der Waals surface area (Å²) in [4.78, 5) is 23.2. The largest absolute Gasteiger partial charge is 0.478 e. The molecule has 5 nitrogen and oxygen atoms in total. The van der Waals surface area contributed by atoms with Crippen LogP contribution in [-0.4, -0.2) is 22.7 Å². The van der Waals surface area contributed by atoms with Crippen LogP contribution in [0.3, 0.4) is 0 Å². The smallest absolute Gasteiger partial charge is 0.335 e. The lowest BCUT2D eigenvalue weighted by atomic mass is 9.84. The summed E-state index contributed by atoms with van der Waals surface area (Å²) in [7, 11) is 0. The minimum absolute atomic E-state index is 0.0526. The van der Waals surface area contributed by atoms with Crippen LogP contribution >= 0.6 is 0 Å². The number of carboxylic acid groups (broad SMARTS) is 1. The Hall–Kier alpha value is -2.17. The predicted octanol–water partition coefficient (Wildman–Crippen LogP) is 2.67. The van der Waals surface area contributed by atoms with Crippen LogP contribution in [0, 0.1) is 5.92 Å². The molecule has 20 heavy (non-hydrogen) atoms. The van der Waals surface area contributed by atoms with E-state index in [9.17, 15) is 9.59 Å². The first-order chi connectivity index (χ1) is 9.65. The fourth-order valence-electron chi connectivity index (χ4n) is 2.87. The molecule has 104 valence electrons. The Kier molecular flexibility index (Phi) is 3.26. The van der Waals surface area contributed by atoms with Gasteiger partial charge in [-0.1, -0.05) is 12.5 Å². The number of hydrazone groups is 1. The summed E-state index contributed by atoms with van der Waals surface area (Å²) < 4.78 is 0. The fraction of sp³-hybridized carbons (Fsp3) is 0.400. The molecule has 1 aliphatic carbocycles. The van der Waals surface area contributed by atoms with Crippen molar-refractivity contribution in [3.05, 3.63) is 29.8 Å². The van der Waals surface area contributed by atoms with E-state index < -0.39 is 5.97 Å². The Morgan fingerprint density at radius 2 is 2.20 bits per heavy atom. The maximum absolute atomic E-state index is 12.2. The highest BCUT2D eigenvalue weighted by Crippen LogP contribution is 2.31. The summed E-state index contributed by atoms with van der Waals surface area (Å²) in [5, 5.41) is 14.8. The second-order valence-electron chi connectivity index (χ2n) is 5.30. The second kappa shape index (κ2) is 5.07. The van der Waals surface area contributed by atoms with Crippen molar-refractivity contribution in [2.45, 2.75) is 32.1 Å². The molecule has 1 aliphatic heterocycles. The average Bonchev–Trinajstić information content (AvgIpc) is 2.46. The molecule has 1 unspecified atom stereocenters. The molecule has 1 N–H and O–H groups in total. The Morgan fingerprint density at radius 1 is 1.35 bits per heavy atom. The lowest BCUT2D eigenvalue weighted by Crippen LogP contribution is -2.38. The molecule has 1 amide bonds. The number of aromatic carboxylic acids is 1. The van der Waals surface area contributed by atoms with E-state index in [-0.39, 0.29) is 17.4 Å². The quantitative estimate of drug-likeness (QED) is 0.899. The monoisotopic (exact) mass is 272 g/mol. The van der Waals surface area contributed by atoms with E-state index in [1.54, 1.807) is 12.1 Å². The fourth-order valence-corrected chi connectivity index (χ4v) is 2.87. The van der Waals surface area contributed by atoms with E-state index in [1.807, 2.05) is 0 Å². The minimum Gasteiger partial charge on any atom is -0.478 e. The standard InChI is InChI=1S/C15H16N2O3/c18-14-9-10-4-1-2-7-13(10)16-17(14)12-6-3-5-11(8-12)15(19)20/h3,5-6,8,10H,1-2,4,7,9H2,(H,19,20). The molecule has 1 atom stereocenters. The van der Waals surface area contributed by atoms with Crippen molar-refractivity contribution in [1.82, 2.24) is 0 Å². The normalized spacial score (nSPS) is 22.2. The van der Waals surface area contributed by atoms with Gasteiger partial charge in [0, 0.05) is 18.1 Å². The van der Waals surface area contributed by atoms with Gasteiger partial charge in [-0.25, -0.2) is 9.80 Å². The Labute approximate surface area is 116 Å². The zero-order chi connectivity index (χ0) is 14.1. The van der Waals surface area contributed by atoms with Crippen LogP contribution in [0.1, 0.15) is 42.5 Å². The molecule has 0 spiro atoms. The number of amides is 1. The van der Waals surface area contributed by atoms with Crippen LogP contribution < -0.4 is 5.01 Å². The van der Waals surface area contributed by atoms with Crippen LogP contribution in [0.2, 0.25) is 0 Å². The van der Waals surface area contributed by atoms with Crippen molar-refractivity contribution < 1.29 is 14.7 Å². The van der Waals surface area contributed by atoms with Gasteiger partial charge in [0.25, 0.3) is 0 Å². The van der Waals surface area contributed by atoms with E-state index in [0.717, 1.165) is 31.4 Å². The highest BCUT2D eigenvalue weighted by Gasteiger charge is 2.31. The second-order valence-corrected chi connectivity index (χ2v) is 5.30. The van der Waals surface area contributed by atoms with Crippen molar-refractivity contribution in [2.75, 3.05) is 5.01 Å². The molecule has 5 heteroatoms. The zero-order valence-electron chi connectivity index (χ0n) is 11.1. The van der Waals surface area contributed by atoms with Gasteiger partial charge in [0.05, 0.1) is 11.3 Å². The number of carbonyl (C=O) groups is 2. The van der Waals surface area contributed by atoms with Crippen molar-refractivity contribution in [3.8, 4) is 0 Å². The van der Waals surface area contributed by atoms with Gasteiger partial charge in [-0.15, -0.1) is 0 Å². The number of carboxylic acids is 1. The number of anilines is 1. The van der Waals surface area contributed by atoms with Gasteiger partial charge in [-0.3, -0.25) is 4.79 Å². The molecule has 0 aromatic heterocycles. The maximum atomic E-state index is 12.2. The Bertz CT molecular complexity index is 595. The number of hydrogen-bond donors (Lipinski definition) is 1. The first kappa shape index (κ1) is 12.8. The van der Waals surface area contributed by atoms with Gasteiger partial charge in [-0.2, -0.15) is 5.10 Å². The van der Waals surface area contributed by atoms with E-state index in [0.29, 0.717) is 12.1 Å². The predicted molar refractivity (Wildman–Crippen MR) is 74.9 cm³/mol. The Morgan fingerprint density at radius 3 is 3.00 bits per heavy atom. The van der Waals surface area contributed by atoms with Gasteiger partial charge in [0.1, 0.15) is 0 Å². The molecule has 1 heterocycles. The zero-order valence-corrected chi connectivity index (χ0v) is 11.1. The van der Waals surface area contributed by atoms with Gasteiger partial charge in [0.15, 0.2) is 0 Å².